The maximum Gasteiger partial charge on any atom is 0.341 e. The number of carboxylic acid groups (broad SMARTS) is 1. The first-order chi connectivity index (χ1) is 18.6. The summed E-state index contributed by atoms with van der Waals surface area (Å²) in [4.78, 5) is 24.6. The van der Waals surface area contributed by atoms with Gasteiger partial charge in [0.25, 0.3) is 0 Å². The van der Waals surface area contributed by atoms with Gasteiger partial charge in [0.05, 0.1) is 12.3 Å². The fourth-order valence-electron chi connectivity index (χ4n) is 4.90. The fraction of sp³-hybridized carbons (Fsp3) is 0.312. The average Bonchev–Trinajstić information content (AvgIpc) is 2.89. The summed E-state index contributed by atoms with van der Waals surface area (Å²) in [6, 6.07) is 20.8. The molecule has 1 aromatic heterocycles. The van der Waals surface area contributed by atoms with Crippen LogP contribution in [-0.4, -0.2) is 36.0 Å². The van der Waals surface area contributed by atoms with Crippen LogP contribution in [-0.2, 0) is 11.2 Å². The minimum atomic E-state index is -1.45. The molecule has 1 aliphatic heterocycles. The molecule has 0 spiro atoms. The van der Waals surface area contributed by atoms with Gasteiger partial charge in [-0.15, -0.1) is 0 Å². The molecule has 0 saturated heterocycles. The number of fused-ring (bicyclic) bond motifs is 3. The van der Waals surface area contributed by atoms with E-state index in [-0.39, 0.29) is 17.2 Å². The Labute approximate surface area is 228 Å². The van der Waals surface area contributed by atoms with Gasteiger partial charge in [0.2, 0.25) is 5.43 Å². The molecule has 0 fully saturated rings. The highest BCUT2D eigenvalue weighted by molar-refractivity contribution is 5.88. The number of hydrogen-bond acceptors (Lipinski definition) is 4. The van der Waals surface area contributed by atoms with Crippen LogP contribution in [0.4, 0.5) is 4.39 Å². The van der Waals surface area contributed by atoms with Gasteiger partial charge in [0.15, 0.2) is 5.82 Å². The molecule has 39 heavy (non-hydrogen) atoms. The summed E-state index contributed by atoms with van der Waals surface area (Å²) in [5.41, 5.74) is 1.01. The molecule has 2 heterocycles. The number of nitrogens with zero attached hydrogens (tertiary/aromatic N) is 1. The number of hydrogen-bond donors (Lipinski definition) is 1. The van der Waals surface area contributed by atoms with E-state index in [9.17, 15) is 14.7 Å². The summed E-state index contributed by atoms with van der Waals surface area (Å²) in [5, 5.41) is 9.60. The zero-order valence-corrected chi connectivity index (χ0v) is 22.7. The van der Waals surface area contributed by atoms with Crippen molar-refractivity contribution in [2.75, 3.05) is 20.3 Å². The number of ether oxygens (including phenoxy) is 2. The van der Waals surface area contributed by atoms with Gasteiger partial charge in [0, 0.05) is 43.5 Å². The summed E-state index contributed by atoms with van der Waals surface area (Å²) in [6.07, 6.45) is 2.51. The zero-order valence-electron chi connectivity index (χ0n) is 22.7. The standard InChI is InChI=1S/C32H34FNO5/c1-32(2,3)27-18-22-17-26(39-16-12-15-38-4)23(21-13-10-8-6-5-7-9-11-14-21)19-24(22)29-28(33)30(35)25(31(36)37)20-34(27)29/h5-11,13-14,17,19-20,27H,12,15-16,18H2,1-4H3,(H,36,37)/t27-/m0/s1. The molecule has 7 heteroatoms. The van der Waals surface area contributed by atoms with E-state index < -0.39 is 22.8 Å². The summed E-state index contributed by atoms with van der Waals surface area (Å²) in [6.45, 7) is 7.04. The largest absolute Gasteiger partial charge is 0.493 e. The van der Waals surface area contributed by atoms with E-state index in [0.717, 1.165) is 16.7 Å². The molecule has 0 aliphatic carbocycles. The first-order valence-corrected chi connectivity index (χ1v) is 13.0. The maximum absolute atomic E-state index is 15.8. The number of rotatable bonds is 7. The zero-order chi connectivity index (χ0) is 28.2. The Bertz CT molecular complexity index is 1460. The fourth-order valence-corrected chi connectivity index (χ4v) is 4.90. The Kier molecular flexibility index (Phi) is 8.51. The van der Waals surface area contributed by atoms with Crippen molar-refractivity contribution in [1.82, 2.24) is 4.57 Å². The number of aromatic nitrogens is 1. The van der Waals surface area contributed by atoms with Crippen molar-refractivity contribution in [1.29, 1.82) is 0 Å². The molecular formula is C32H34FNO5. The molecule has 3 aromatic rings. The molecule has 204 valence electrons. The van der Waals surface area contributed by atoms with Crippen LogP contribution in [0.5, 0.6) is 5.75 Å². The molecule has 0 saturated carbocycles. The molecule has 1 aliphatic rings. The molecule has 2 aromatic carbocycles. The number of halogens is 1. The first kappa shape index (κ1) is 28.0. The smallest absolute Gasteiger partial charge is 0.341 e. The number of carbonyl (C=O) groups is 1. The minimum Gasteiger partial charge on any atom is -0.493 e. The molecule has 0 radical (unpaired) electrons. The van der Waals surface area contributed by atoms with Crippen LogP contribution < -0.4 is 10.2 Å². The third-order valence-electron chi connectivity index (χ3n) is 6.90. The van der Waals surface area contributed by atoms with Crippen molar-refractivity contribution in [3.05, 3.63) is 100 Å². The minimum absolute atomic E-state index is 0.0983. The van der Waals surface area contributed by atoms with E-state index in [1.54, 1.807) is 11.7 Å². The predicted octanol–water partition coefficient (Wildman–Crippen LogP) is 6.70. The Balaban J connectivity index is 2.01. The second kappa shape index (κ2) is 11.8. The second-order valence-electron chi connectivity index (χ2n) is 10.7. The van der Waals surface area contributed by atoms with Crippen LogP contribution in [0, 0.1) is 11.2 Å². The molecule has 0 unspecified atom stereocenters. The molecule has 1 atom stereocenters. The summed E-state index contributed by atoms with van der Waals surface area (Å²) in [5.74, 6) is -1.86. The Morgan fingerprint density at radius 2 is 1.67 bits per heavy atom. The Morgan fingerprint density at radius 1 is 1.03 bits per heavy atom. The van der Waals surface area contributed by atoms with Crippen LogP contribution >= 0.6 is 0 Å². The van der Waals surface area contributed by atoms with Gasteiger partial charge >= 0.3 is 5.97 Å². The van der Waals surface area contributed by atoms with Crippen molar-refractivity contribution in [2.24, 2.45) is 5.41 Å². The predicted molar refractivity (Wildman–Crippen MR) is 150 cm³/mol. The van der Waals surface area contributed by atoms with Crippen molar-refractivity contribution in [2.45, 2.75) is 39.7 Å². The maximum atomic E-state index is 15.8. The molecule has 0 amide bonds. The topological polar surface area (TPSA) is 77.8 Å². The lowest BCUT2D eigenvalue weighted by Gasteiger charge is -2.39. The highest BCUT2D eigenvalue weighted by Gasteiger charge is 2.36. The third-order valence-corrected chi connectivity index (χ3v) is 6.90. The number of benzene rings is 1. The lowest BCUT2D eigenvalue weighted by molar-refractivity contribution is 0.0692. The van der Waals surface area contributed by atoms with E-state index in [4.69, 9.17) is 9.47 Å². The van der Waals surface area contributed by atoms with Gasteiger partial charge in [0.1, 0.15) is 11.3 Å². The normalized spacial score (nSPS) is 14.1. The Hall–Kier alpha value is -3.97. The summed E-state index contributed by atoms with van der Waals surface area (Å²) in [7, 11) is 1.64. The van der Waals surface area contributed by atoms with E-state index in [1.807, 2.05) is 87.5 Å². The highest BCUT2D eigenvalue weighted by Crippen LogP contribution is 2.46. The molecule has 4 rings (SSSR count). The first-order valence-electron chi connectivity index (χ1n) is 13.0. The number of aromatic carboxylic acids is 1. The van der Waals surface area contributed by atoms with E-state index in [2.05, 4.69) is 0 Å². The molecule has 6 nitrogen and oxygen atoms in total. The third kappa shape index (κ3) is 6.04. The monoisotopic (exact) mass is 531 g/mol. The highest BCUT2D eigenvalue weighted by atomic mass is 19.1. The average molecular weight is 532 g/mol. The summed E-state index contributed by atoms with van der Waals surface area (Å²) < 4.78 is 28.9. The van der Waals surface area contributed by atoms with Crippen LogP contribution in [0.1, 0.15) is 49.2 Å². The number of pyridine rings is 1. The van der Waals surface area contributed by atoms with Crippen LogP contribution in [0.2, 0.25) is 0 Å². The van der Waals surface area contributed by atoms with Crippen LogP contribution in [0.3, 0.4) is 0 Å². The lowest BCUT2D eigenvalue weighted by Crippen LogP contribution is -2.34. The van der Waals surface area contributed by atoms with Crippen molar-refractivity contribution >= 4 is 5.97 Å². The van der Waals surface area contributed by atoms with Gasteiger partial charge < -0.3 is 19.1 Å². The van der Waals surface area contributed by atoms with Crippen molar-refractivity contribution < 1.29 is 23.8 Å². The van der Waals surface area contributed by atoms with E-state index >= 15 is 4.39 Å². The number of methoxy groups -OCH3 is 1. The van der Waals surface area contributed by atoms with Gasteiger partial charge in [-0.2, -0.15) is 0 Å². The number of carboxylic acids is 1. The summed E-state index contributed by atoms with van der Waals surface area (Å²) >= 11 is 0. The van der Waals surface area contributed by atoms with Gasteiger partial charge in [-0.1, -0.05) is 75.4 Å². The van der Waals surface area contributed by atoms with Crippen LogP contribution in [0.25, 0.3) is 22.4 Å². The van der Waals surface area contributed by atoms with Gasteiger partial charge in [-0.25, -0.2) is 9.18 Å². The quantitative estimate of drug-likeness (QED) is 0.343. The lowest BCUT2D eigenvalue weighted by atomic mass is 9.78. The molecular weight excluding hydrogens is 497 g/mol. The van der Waals surface area contributed by atoms with Gasteiger partial charge in [-0.3, -0.25) is 4.79 Å². The van der Waals surface area contributed by atoms with Crippen LogP contribution in [0.15, 0.2) is 77.7 Å². The molecule has 1 N–H and O–H groups in total. The van der Waals surface area contributed by atoms with E-state index in [1.165, 1.54) is 6.20 Å². The Morgan fingerprint density at radius 3 is 2.26 bits per heavy atom. The van der Waals surface area contributed by atoms with E-state index in [0.29, 0.717) is 37.4 Å². The SMILES string of the molecule is COCCCOc1cc2c(cc1-c1ccccccccc1)-c1c(F)c(=O)c(C(=O)O)cn1[C@H](C(C)(C)C)C2. The van der Waals surface area contributed by atoms with Gasteiger partial charge in [-0.05, 0) is 35.1 Å². The second-order valence-corrected chi connectivity index (χ2v) is 10.7. The molecule has 0 bridgehead atoms. The van der Waals surface area contributed by atoms with Crippen molar-refractivity contribution in [3.63, 3.8) is 0 Å². The van der Waals surface area contributed by atoms with Crippen molar-refractivity contribution in [3.8, 4) is 28.1 Å².